The molecule has 0 bridgehead atoms. The van der Waals surface area contributed by atoms with Crippen LogP contribution >= 0.6 is 0 Å². The van der Waals surface area contributed by atoms with Crippen LogP contribution in [0.2, 0.25) is 0 Å². The normalized spacial score (nSPS) is 22.8. The molecule has 1 aromatic heterocycles. The molecule has 16 heavy (non-hydrogen) atoms. The van der Waals surface area contributed by atoms with Crippen LogP contribution in [0.25, 0.3) is 0 Å². The maximum absolute atomic E-state index is 5.85. The van der Waals surface area contributed by atoms with Crippen LogP contribution in [-0.4, -0.2) is 37.7 Å². The van der Waals surface area contributed by atoms with Crippen molar-refractivity contribution in [1.82, 2.24) is 4.90 Å². The highest BCUT2D eigenvalue weighted by Crippen LogP contribution is 2.21. The third kappa shape index (κ3) is 2.64. The second-order valence-electron chi connectivity index (χ2n) is 4.42. The Morgan fingerprint density at radius 2 is 2.50 bits per heavy atom. The van der Waals surface area contributed by atoms with Gasteiger partial charge in [0.15, 0.2) is 0 Å². The summed E-state index contributed by atoms with van der Waals surface area (Å²) in [7, 11) is 2.10. The van der Waals surface area contributed by atoms with Crippen molar-refractivity contribution in [3.05, 3.63) is 24.2 Å². The van der Waals surface area contributed by atoms with Crippen molar-refractivity contribution in [3.8, 4) is 0 Å². The van der Waals surface area contributed by atoms with Gasteiger partial charge in [-0.25, -0.2) is 0 Å². The van der Waals surface area contributed by atoms with Crippen molar-refractivity contribution in [2.75, 3.05) is 26.8 Å². The summed E-state index contributed by atoms with van der Waals surface area (Å²) in [6.07, 6.45) is 2.82. The standard InChI is InChI=1S/C12H20N2O2/c1-14(8-11-3-2-5-16-11)12(7-13)10-4-6-15-9-10/h2-3,5,10,12H,4,6-9,13H2,1H3. The summed E-state index contributed by atoms with van der Waals surface area (Å²) < 4.78 is 10.8. The minimum absolute atomic E-state index is 0.382. The summed E-state index contributed by atoms with van der Waals surface area (Å²) in [6, 6.07) is 4.29. The molecule has 2 atom stereocenters. The zero-order valence-electron chi connectivity index (χ0n) is 9.76. The number of hydrogen-bond acceptors (Lipinski definition) is 4. The number of hydrogen-bond donors (Lipinski definition) is 1. The van der Waals surface area contributed by atoms with Crippen LogP contribution < -0.4 is 5.73 Å². The van der Waals surface area contributed by atoms with Crippen LogP contribution in [0.15, 0.2) is 22.8 Å². The van der Waals surface area contributed by atoms with E-state index >= 15 is 0 Å². The van der Waals surface area contributed by atoms with Gasteiger partial charge in [-0.1, -0.05) is 0 Å². The Labute approximate surface area is 96.4 Å². The Hall–Kier alpha value is -0.840. The second kappa shape index (κ2) is 5.48. The third-order valence-corrected chi connectivity index (χ3v) is 3.30. The molecule has 2 N–H and O–H groups in total. The Bertz CT molecular complexity index is 294. The Morgan fingerprint density at radius 1 is 1.62 bits per heavy atom. The topological polar surface area (TPSA) is 51.6 Å². The first-order valence-electron chi connectivity index (χ1n) is 5.81. The average molecular weight is 224 g/mol. The molecule has 2 rings (SSSR count). The van der Waals surface area contributed by atoms with Crippen LogP contribution in [0.1, 0.15) is 12.2 Å². The van der Waals surface area contributed by atoms with Crippen molar-refractivity contribution in [3.63, 3.8) is 0 Å². The van der Waals surface area contributed by atoms with Gasteiger partial charge in [0.25, 0.3) is 0 Å². The van der Waals surface area contributed by atoms with Gasteiger partial charge in [-0.05, 0) is 25.6 Å². The van der Waals surface area contributed by atoms with Crippen molar-refractivity contribution >= 4 is 0 Å². The van der Waals surface area contributed by atoms with Crippen LogP contribution in [0.3, 0.4) is 0 Å². The fourth-order valence-electron chi connectivity index (χ4n) is 2.35. The predicted molar refractivity (Wildman–Crippen MR) is 61.9 cm³/mol. The minimum Gasteiger partial charge on any atom is -0.468 e. The molecule has 0 spiro atoms. The maximum atomic E-state index is 5.85. The van der Waals surface area contributed by atoms with Gasteiger partial charge < -0.3 is 14.9 Å². The molecule has 0 aromatic carbocycles. The number of ether oxygens (including phenoxy) is 1. The highest BCUT2D eigenvalue weighted by atomic mass is 16.5. The number of likely N-dealkylation sites (N-methyl/N-ethyl adjacent to an activating group) is 1. The fourth-order valence-corrected chi connectivity index (χ4v) is 2.35. The Balaban J connectivity index is 1.92. The molecule has 1 saturated heterocycles. The summed E-state index contributed by atoms with van der Waals surface area (Å²) in [5, 5.41) is 0. The number of rotatable bonds is 5. The van der Waals surface area contributed by atoms with Gasteiger partial charge in [-0.2, -0.15) is 0 Å². The lowest BCUT2D eigenvalue weighted by molar-refractivity contribution is 0.131. The van der Waals surface area contributed by atoms with Crippen molar-refractivity contribution in [2.24, 2.45) is 11.7 Å². The van der Waals surface area contributed by atoms with Crippen molar-refractivity contribution < 1.29 is 9.15 Å². The SMILES string of the molecule is CN(Cc1ccco1)C(CN)C1CCOC1. The lowest BCUT2D eigenvalue weighted by atomic mass is 9.98. The van der Waals surface area contributed by atoms with E-state index in [9.17, 15) is 0 Å². The zero-order valence-corrected chi connectivity index (χ0v) is 9.76. The van der Waals surface area contributed by atoms with E-state index in [-0.39, 0.29) is 0 Å². The molecule has 4 nitrogen and oxygen atoms in total. The van der Waals surface area contributed by atoms with Gasteiger partial charge in [0.2, 0.25) is 0 Å². The molecule has 0 aliphatic carbocycles. The summed E-state index contributed by atoms with van der Waals surface area (Å²) >= 11 is 0. The van der Waals surface area contributed by atoms with E-state index in [2.05, 4.69) is 11.9 Å². The second-order valence-corrected chi connectivity index (χ2v) is 4.42. The summed E-state index contributed by atoms with van der Waals surface area (Å²) in [6.45, 7) is 3.19. The highest BCUT2D eigenvalue weighted by molar-refractivity contribution is 4.98. The summed E-state index contributed by atoms with van der Waals surface area (Å²) in [5.74, 6) is 1.55. The molecule has 1 fully saturated rings. The average Bonchev–Trinajstić information content (AvgIpc) is 2.91. The van der Waals surface area contributed by atoms with E-state index in [4.69, 9.17) is 14.9 Å². The molecule has 90 valence electrons. The fraction of sp³-hybridized carbons (Fsp3) is 0.667. The third-order valence-electron chi connectivity index (χ3n) is 3.30. The van der Waals surface area contributed by atoms with E-state index in [0.717, 1.165) is 31.9 Å². The molecule has 2 unspecified atom stereocenters. The molecule has 0 amide bonds. The predicted octanol–water partition coefficient (Wildman–Crippen LogP) is 1.08. The molecule has 2 heterocycles. The number of nitrogens with zero attached hydrogens (tertiary/aromatic N) is 1. The first kappa shape index (κ1) is 11.6. The Morgan fingerprint density at radius 3 is 3.06 bits per heavy atom. The molecule has 0 radical (unpaired) electrons. The van der Waals surface area contributed by atoms with E-state index in [1.807, 2.05) is 12.1 Å². The number of nitrogens with two attached hydrogens (primary N) is 1. The smallest absolute Gasteiger partial charge is 0.117 e. The van der Waals surface area contributed by atoms with Crippen LogP contribution in [-0.2, 0) is 11.3 Å². The minimum atomic E-state index is 0.382. The van der Waals surface area contributed by atoms with Crippen LogP contribution in [0.4, 0.5) is 0 Å². The Kier molecular flexibility index (Phi) is 3.98. The zero-order chi connectivity index (χ0) is 11.4. The molecular formula is C12H20N2O2. The lowest BCUT2D eigenvalue weighted by Gasteiger charge is -2.30. The molecule has 0 saturated carbocycles. The van der Waals surface area contributed by atoms with E-state index in [0.29, 0.717) is 18.5 Å². The van der Waals surface area contributed by atoms with Gasteiger partial charge in [0.1, 0.15) is 5.76 Å². The van der Waals surface area contributed by atoms with Gasteiger partial charge in [0, 0.05) is 25.1 Å². The lowest BCUT2D eigenvalue weighted by Crippen LogP contribution is -2.43. The van der Waals surface area contributed by atoms with Crippen molar-refractivity contribution in [1.29, 1.82) is 0 Å². The first-order chi connectivity index (χ1) is 7.81. The van der Waals surface area contributed by atoms with Gasteiger partial charge in [0.05, 0.1) is 19.4 Å². The quantitative estimate of drug-likeness (QED) is 0.813. The van der Waals surface area contributed by atoms with Gasteiger partial charge in [-0.3, -0.25) is 4.90 Å². The largest absolute Gasteiger partial charge is 0.468 e. The number of furan rings is 1. The van der Waals surface area contributed by atoms with Crippen molar-refractivity contribution in [2.45, 2.75) is 19.0 Å². The van der Waals surface area contributed by atoms with E-state index in [1.54, 1.807) is 6.26 Å². The maximum Gasteiger partial charge on any atom is 0.117 e. The van der Waals surface area contributed by atoms with E-state index < -0.39 is 0 Å². The van der Waals surface area contributed by atoms with Gasteiger partial charge in [-0.15, -0.1) is 0 Å². The van der Waals surface area contributed by atoms with E-state index in [1.165, 1.54) is 0 Å². The highest BCUT2D eigenvalue weighted by Gasteiger charge is 2.27. The molecular weight excluding hydrogens is 204 g/mol. The summed E-state index contributed by atoms with van der Waals surface area (Å²) in [5.41, 5.74) is 5.85. The van der Waals surface area contributed by atoms with Crippen LogP contribution in [0.5, 0.6) is 0 Å². The monoisotopic (exact) mass is 224 g/mol. The van der Waals surface area contributed by atoms with Crippen LogP contribution in [0, 0.1) is 5.92 Å². The molecule has 4 heteroatoms. The summed E-state index contributed by atoms with van der Waals surface area (Å²) in [4.78, 5) is 2.26. The van der Waals surface area contributed by atoms with Gasteiger partial charge >= 0.3 is 0 Å². The molecule has 1 aliphatic rings. The molecule has 1 aliphatic heterocycles. The first-order valence-corrected chi connectivity index (χ1v) is 5.81. The molecule has 1 aromatic rings.